The minimum atomic E-state index is -0.372. The van der Waals surface area contributed by atoms with Gasteiger partial charge in [0.05, 0.1) is 12.8 Å². The average molecular weight is 233 g/mol. The largest absolute Gasteiger partial charge is 0.497 e. The number of nitrogens with zero attached hydrogens (tertiary/aromatic N) is 1. The van der Waals surface area contributed by atoms with Crippen LogP contribution in [0.25, 0.3) is 0 Å². The molecule has 3 nitrogen and oxygen atoms in total. The van der Waals surface area contributed by atoms with E-state index in [9.17, 15) is 5.21 Å². The van der Waals surface area contributed by atoms with Crippen molar-refractivity contribution in [2.75, 3.05) is 7.11 Å². The molecule has 17 heavy (non-hydrogen) atoms. The first kappa shape index (κ1) is 13.3. The number of benzene rings is 1. The van der Waals surface area contributed by atoms with E-state index in [1.54, 1.807) is 7.11 Å². The molecule has 0 aliphatic carbocycles. The Morgan fingerprint density at radius 2 is 1.82 bits per heavy atom. The molecule has 0 saturated heterocycles. The molecule has 0 aliphatic rings. The fraction of sp³-hybridized carbons (Fsp3) is 0.357. The second-order valence-electron chi connectivity index (χ2n) is 4.58. The van der Waals surface area contributed by atoms with Crippen molar-refractivity contribution < 1.29 is 9.94 Å². The highest BCUT2D eigenvalue weighted by molar-refractivity contribution is 6.05. The van der Waals surface area contributed by atoms with Gasteiger partial charge in [0.1, 0.15) is 5.75 Å². The Balaban J connectivity index is 3.15. The zero-order valence-electron chi connectivity index (χ0n) is 10.8. The molecule has 3 heteroatoms. The molecule has 0 fully saturated rings. The summed E-state index contributed by atoms with van der Waals surface area (Å²) < 4.78 is 5.10. The molecule has 1 N–H and O–H groups in total. The molecule has 0 aliphatic heterocycles. The van der Waals surface area contributed by atoms with E-state index in [1.807, 2.05) is 45.0 Å². The van der Waals surface area contributed by atoms with Crippen molar-refractivity contribution in [2.45, 2.75) is 20.8 Å². The van der Waals surface area contributed by atoms with E-state index < -0.39 is 0 Å². The molecule has 1 aromatic carbocycles. The lowest BCUT2D eigenvalue weighted by atomic mass is 9.78. The summed E-state index contributed by atoms with van der Waals surface area (Å²) in [6.45, 7) is 9.83. The Morgan fingerprint density at radius 1 is 1.29 bits per heavy atom. The van der Waals surface area contributed by atoms with Crippen molar-refractivity contribution in [3.05, 3.63) is 42.0 Å². The van der Waals surface area contributed by atoms with Crippen LogP contribution in [-0.2, 0) is 0 Å². The van der Waals surface area contributed by atoms with Crippen LogP contribution in [0.2, 0.25) is 0 Å². The number of hydrogen-bond donors (Lipinski definition) is 1. The number of rotatable bonds is 4. The number of oxime groups is 1. The molecule has 1 rings (SSSR count). The first-order valence-electron chi connectivity index (χ1n) is 5.46. The predicted molar refractivity (Wildman–Crippen MR) is 69.9 cm³/mol. The summed E-state index contributed by atoms with van der Waals surface area (Å²) in [6.07, 6.45) is 0. The lowest BCUT2D eigenvalue weighted by Crippen LogP contribution is -2.26. The molecule has 0 bridgehead atoms. The maximum atomic E-state index is 9.21. The number of ether oxygens (including phenoxy) is 1. The normalized spacial score (nSPS) is 12.4. The van der Waals surface area contributed by atoms with Gasteiger partial charge < -0.3 is 9.94 Å². The SMILES string of the molecule is C=C(C)C(C)(C)/C(=N\O)c1ccc(OC)cc1. The molecule has 0 aromatic heterocycles. The van der Waals surface area contributed by atoms with Gasteiger partial charge in [-0.3, -0.25) is 0 Å². The summed E-state index contributed by atoms with van der Waals surface area (Å²) in [6, 6.07) is 7.43. The predicted octanol–water partition coefficient (Wildman–Crippen LogP) is 3.48. The standard InChI is InChI=1S/C14H19NO2/c1-10(2)14(3,4)13(15-16)11-6-8-12(17-5)9-7-11/h6-9,16H,1H2,2-5H3/b15-13-. The van der Waals surface area contributed by atoms with E-state index in [2.05, 4.69) is 11.7 Å². The highest BCUT2D eigenvalue weighted by Crippen LogP contribution is 2.30. The molecule has 0 spiro atoms. The number of allylic oxidation sites excluding steroid dienone is 1. The van der Waals surface area contributed by atoms with Crippen LogP contribution >= 0.6 is 0 Å². The molecule has 0 amide bonds. The zero-order valence-corrected chi connectivity index (χ0v) is 10.8. The number of hydrogen-bond acceptors (Lipinski definition) is 3. The van der Waals surface area contributed by atoms with Crippen LogP contribution in [0.3, 0.4) is 0 Å². The fourth-order valence-corrected chi connectivity index (χ4v) is 1.49. The van der Waals surface area contributed by atoms with E-state index in [0.717, 1.165) is 16.9 Å². The minimum Gasteiger partial charge on any atom is -0.497 e. The molecular formula is C14H19NO2. The molecule has 1 aromatic rings. The van der Waals surface area contributed by atoms with Gasteiger partial charge in [0.2, 0.25) is 0 Å². The van der Waals surface area contributed by atoms with Crippen molar-refractivity contribution in [3.63, 3.8) is 0 Å². The first-order chi connectivity index (χ1) is 7.93. The Morgan fingerprint density at radius 3 is 2.18 bits per heavy atom. The van der Waals surface area contributed by atoms with Crippen LogP contribution in [0.5, 0.6) is 5.75 Å². The molecule has 0 heterocycles. The van der Waals surface area contributed by atoms with Gasteiger partial charge in [0.15, 0.2) is 0 Å². The summed E-state index contributed by atoms with van der Waals surface area (Å²) in [5.41, 5.74) is 2.04. The minimum absolute atomic E-state index is 0.372. The second kappa shape index (κ2) is 5.04. The molecule has 0 saturated carbocycles. The maximum Gasteiger partial charge on any atom is 0.118 e. The van der Waals surface area contributed by atoms with E-state index in [-0.39, 0.29) is 5.41 Å². The summed E-state index contributed by atoms with van der Waals surface area (Å²) in [5.74, 6) is 0.777. The summed E-state index contributed by atoms with van der Waals surface area (Å²) in [4.78, 5) is 0. The summed E-state index contributed by atoms with van der Waals surface area (Å²) in [7, 11) is 1.62. The van der Waals surface area contributed by atoms with Crippen molar-refractivity contribution in [1.82, 2.24) is 0 Å². The van der Waals surface area contributed by atoms with Gasteiger partial charge in [-0.2, -0.15) is 0 Å². The Labute approximate surface area is 102 Å². The van der Waals surface area contributed by atoms with E-state index in [0.29, 0.717) is 5.71 Å². The van der Waals surface area contributed by atoms with Gasteiger partial charge in [0, 0.05) is 11.0 Å². The summed E-state index contributed by atoms with van der Waals surface area (Å²) >= 11 is 0. The van der Waals surface area contributed by atoms with Gasteiger partial charge in [-0.15, -0.1) is 0 Å². The van der Waals surface area contributed by atoms with E-state index in [4.69, 9.17) is 4.74 Å². The Hall–Kier alpha value is -1.77. The smallest absolute Gasteiger partial charge is 0.118 e. The van der Waals surface area contributed by atoms with Crippen LogP contribution in [0, 0.1) is 5.41 Å². The zero-order chi connectivity index (χ0) is 13.1. The van der Waals surface area contributed by atoms with Crippen molar-refractivity contribution in [1.29, 1.82) is 0 Å². The molecule has 0 radical (unpaired) electrons. The monoisotopic (exact) mass is 233 g/mol. The van der Waals surface area contributed by atoms with Gasteiger partial charge in [0.25, 0.3) is 0 Å². The van der Waals surface area contributed by atoms with Crippen molar-refractivity contribution >= 4 is 5.71 Å². The lowest BCUT2D eigenvalue weighted by Gasteiger charge is -2.26. The fourth-order valence-electron chi connectivity index (χ4n) is 1.49. The quantitative estimate of drug-likeness (QED) is 0.374. The topological polar surface area (TPSA) is 41.8 Å². The molecule has 0 unspecified atom stereocenters. The molecule has 0 atom stereocenters. The average Bonchev–Trinajstić information content (AvgIpc) is 2.30. The summed E-state index contributed by atoms with van der Waals surface area (Å²) in [5, 5.41) is 12.6. The van der Waals surface area contributed by atoms with Crippen LogP contribution < -0.4 is 4.74 Å². The van der Waals surface area contributed by atoms with Crippen LogP contribution in [0.1, 0.15) is 26.3 Å². The van der Waals surface area contributed by atoms with Gasteiger partial charge in [-0.25, -0.2) is 0 Å². The highest BCUT2D eigenvalue weighted by atomic mass is 16.5. The third kappa shape index (κ3) is 2.67. The van der Waals surface area contributed by atoms with Crippen LogP contribution in [0.15, 0.2) is 41.6 Å². The maximum absolute atomic E-state index is 9.21. The number of methoxy groups -OCH3 is 1. The van der Waals surface area contributed by atoms with Crippen LogP contribution in [-0.4, -0.2) is 18.0 Å². The third-order valence-corrected chi connectivity index (χ3v) is 3.12. The molecule has 92 valence electrons. The first-order valence-corrected chi connectivity index (χ1v) is 5.46. The van der Waals surface area contributed by atoms with Gasteiger partial charge >= 0.3 is 0 Å². The van der Waals surface area contributed by atoms with Crippen molar-refractivity contribution in [3.8, 4) is 5.75 Å². The van der Waals surface area contributed by atoms with E-state index in [1.165, 1.54) is 0 Å². The second-order valence-corrected chi connectivity index (χ2v) is 4.58. The third-order valence-electron chi connectivity index (χ3n) is 3.12. The van der Waals surface area contributed by atoms with Crippen LogP contribution in [0.4, 0.5) is 0 Å². The lowest BCUT2D eigenvalue weighted by molar-refractivity contribution is 0.312. The van der Waals surface area contributed by atoms with Gasteiger partial charge in [-0.1, -0.05) is 31.2 Å². The molecular weight excluding hydrogens is 214 g/mol. The highest BCUT2D eigenvalue weighted by Gasteiger charge is 2.27. The van der Waals surface area contributed by atoms with Crippen molar-refractivity contribution in [2.24, 2.45) is 10.6 Å². The Bertz CT molecular complexity index is 430. The van der Waals surface area contributed by atoms with E-state index >= 15 is 0 Å². The van der Waals surface area contributed by atoms with Gasteiger partial charge in [-0.05, 0) is 31.2 Å². The Kier molecular flexibility index (Phi) is 3.94.